The van der Waals surface area contributed by atoms with Gasteiger partial charge >= 0.3 is 0 Å². The van der Waals surface area contributed by atoms with Gasteiger partial charge in [-0.3, -0.25) is 0 Å². The summed E-state index contributed by atoms with van der Waals surface area (Å²) in [5.41, 5.74) is 0.538. The van der Waals surface area contributed by atoms with Gasteiger partial charge in [-0.1, -0.05) is 18.2 Å². The molecule has 0 bridgehead atoms. The van der Waals surface area contributed by atoms with Gasteiger partial charge in [0.2, 0.25) is 0 Å². The van der Waals surface area contributed by atoms with E-state index in [4.69, 9.17) is 4.74 Å². The van der Waals surface area contributed by atoms with E-state index in [1.807, 2.05) is 39.0 Å². The molecule has 0 aliphatic carbocycles. The molecule has 2 aromatic rings. The van der Waals surface area contributed by atoms with Gasteiger partial charge in [-0.15, -0.1) is 0 Å². The van der Waals surface area contributed by atoms with Crippen molar-refractivity contribution in [2.24, 2.45) is 4.40 Å². The summed E-state index contributed by atoms with van der Waals surface area (Å²) in [6, 6.07) is 13.5. The molecule has 0 amide bonds. The molecule has 2 aromatic carbocycles. The topological polar surface area (TPSA) is 38.7 Å². The number of rotatable bonds is 4. The molecule has 0 N–H and O–H groups in total. The standard InChI is InChI=1S/C17H18FNO2S/c1-17(2,3)22(20)19-12-13-9-10-16(15(18)11-13)21-14-7-5-4-6-8-14/h4-12H,1-3H3/b19-12+. The quantitative estimate of drug-likeness (QED) is 0.778. The van der Waals surface area contributed by atoms with Crippen LogP contribution < -0.4 is 4.74 Å². The maximum Gasteiger partial charge on any atom is 0.166 e. The highest BCUT2D eigenvalue weighted by Crippen LogP contribution is 2.24. The lowest BCUT2D eigenvalue weighted by atomic mass is 10.2. The summed E-state index contributed by atoms with van der Waals surface area (Å²) in [5, 5.41) is 0. The number of benzene rings is 2. The fourth-order valence-corrected chi connectivity index (χ4v) is 2.10. The molecule has 0 radical (unpaired) electrons. The first-order chi connectivity index (χ1) is 10.4. The van der Waals surface area contributed by atoms with Crippen LogP contribution in [0, 0.1) is 5.82 Å². The van der Waals surface area contributed by atoms with Crippen molar-refractivity contribution in [1.29, 1.82) is 0 Å². The Morgan fingerprint density at radius 3 is 2.41 bits per heavy atom. The molecule has 1 atom stereocenters. The van der Waals surface area contributed by atoms with E-state index < -0.39 is 21.5 Å². The molecule has 116 valence electrons. The van der Waals surface area contributed by atoms with E-state index in [1.54, 1.807) is 18.2 Å². The Morgan fingerprint density at radius 1 is 1.14 bits per heavy atom. The molecule has 0 saturated heterocycles. The first-order valence-electron chi connectivity index (χ1n) is 6.85. The maximum absolute atomic E-state index is 14.0. The maximum atomic E-state index is 14.0. The van der Waals surface area contributed by atoms with Crippen LogP contribution in [0.25, 0.3) is 0 Å². The Morgan fingerprint density at radius 2 is 1.82 bits per heavy atom. The minimum atomic E-state index is -1.37. The average Bonchev–Trinajstić information content (AvgIpc) is 2.47. The molecular weight excluding hydrogens is 301 g/mol. The van der Waals surface area contributed by atoms with Crippen molar-refractivity contribution in [2.45, 2.75) is 25.5 Å². The Kier molecular flexibility index (Phi) is 5.08. The number of para-hydroxylation sites is 1. The third kappa shape index (κ3) is 4.49. The number of hydrogen-bond acceptors (Lipinski definition) is 2. The summed E-state index contributed by atoms with van der Waals surface area (Å²) in [5.74, 6) is 0.214. The van der Waals surface area contributed by atoms with Crippen LogP contribution in [0.3, 0.4) is 0 Å². The van der Waals surface area contributed by atoms with Gasteiger partial charge in [-0.25, -0.2) is 8.60 Å². The number of ether oxygens (including phenoxy) is 1. The molecule has 2 rings (SSSR count). The number of hydrogen-bond donors (Lipinski definition) is 0. The van der Waals surface area contributed by atoms with E-state index in [0.29, 0.717) is 11.3 Å². The Labute approximate surface area is 132 Å². The summed E-state index contributed by atoms with van der Waals surface area (Å²) in [4.78, 5) is 0. The molecule has 3 nitrogen and oxygen atoms in total. The van der Waals surface area contributed by atoms with Gasteiger partial charge in [0.1, 0.15) is 16.7 Å². The third-order valence-electron chi connectivity index (χ3n) is 2.75. The highest BCUT2D eigenvalue weighted by atomic mass is 32.2. The van der Waals surface area contributed by atoms with Crippen LogP contribution >= 0.6 is 0 Å². The Hall–Kier alpha value is -2.01. The van der Waals surface area contributed by atoms with Gasteiger partial charge in [-0.2, -0.15) is 4.40 Å². The highest BCUT2D eigenvalue weighted by Gasteiger charge is 2.18. The summed E-state index contributed by atoms with van der Waals surface area (Å²) in [7, 11) is -1.37. The predicted molar refractivity (Wildman–Crippen MR) is 88.4 cm³/mol. The fourth-order valence-electron chi connectivity index (χ4n) is 1.56. The SMILES string of the molecule is CC(C)(C)S(=O)/N=C/c1ccc(Oc2ccccc2)c(F)c1. The minimum absolute atomic E-state index is 0.139. The van der Waals surface area contributed by atoms with Crippen LogP contribution in [0.1, 0.15) is 26.3 Å². The van der Waals surface area contributed by atoms with E-state index >= 15 is 0 Å². The normalized spacial score (nSPS) is 13.3. The van der Waals surface area contributed by atoms with Crippen molar-refractivity contribution in [2.75, 3.05) is 0 Å². The van der Waals surface area contributed by atoms with Crippen LogP contribution in [0.2, 0.25) is 0 Å². The Balaban J connectivity index is 2.13. The van der Waals surface area contributed by atoms with Crippen LogP contribution in [0.15, 0.2) is 52.9 Å². The van der Waals surface area contributed by atoms with E-state index in [1.165, 1.54) is 18.3 Å². The van der Waals surface area contributed by atoms with Crippen molar-refractivity contribution in [1.82, 2.24) is 0 Å². The largest absolute Gasteiger partial charge is 0.454 e. The zero-order valence-corrected chi connectivity index (χ0v) is 13.6. The zero-order chi connectivity index (χ0) is 16.2. The molecule has 0 spiro atoms. The monoisotopic (exact) mass is 319 g/mol. The molecular formula is C17H18FNO2S. The highest BCUT2D eigenvalue weighted by molar-refractivity contribution is 7.85. The van der Waals surface area contributed by atoms with Crippen LogP contribution in [-0.2, 0) is 11.0 Å². The number of nitrogens with zero attached hydrogens (tertiary/aromatic N) is 1. The average molecular weight is 319 g/mol. The van der Waals surface area contributed by atoms with Crippen LogP contribution in [0.5, 0.6) is 11.5 Å². The second-order valence-corrected chi connectivity index (χ2v) is 7.63. The Bertz CT molecular complexity index is 694. The third-order valence-corrected chi connectivity index (χ3v) is 4.09. The van der Waals surface area contributed by atoms with E-state index in [9.17, 15) is 8.60 Å². The van der Waals surface area contributed by atoms with Crippen molar-refractivity contribution in [3.8, 4) is 11.5 Å². The summed E-state index contributed by atoms with van der Waals surface area (Å²) in [6.45, 7) is 5.49. The molecule has 0 aliphatic rings. The number of halogens is 1. The van der Waals surface area contributed by atoms with Crippen molar-refractivity contribution >= 4 is 17.2 Å². The molecule has 0 saturated carbocycles. The van der Waals surface area contributed by atoms with Gasteiger partial charge in [0.25, 0.3) is 0 Å². The van der Waals surface area contributed by atoms with Crippen molar-refractivity contribution < 1.29 is 13.3 Å². The lowest BCUT2D eigenvalue weighted by molar-refractivity contribution is 0.442. The predicted octanol–water partition coefficient (Wildman–Crippen LogP) is 4.50. The zero-order valence-electron chi connectivity index (χ0n) is 12.7. The molecule has 0 aromatic heterocycles. The first kappa shape index (κ1) is 16.4. The second kappa shape index (κ2) is 6.83. The van der Waals surface area contributed by atoms with E-state index in [-0.39, 0.29) is 5.75 Å². The minimum Gasteiger partial charge on any atom is -0.454 e. The molecule has 1 unspecified atom stereocenters. The lowest BCUT2D eigenvalue weighted by Gasteiger charge is -2.12. The lowest BCUT2D eigenvalue weighted by Crippen LogP contribution is -2.19. The fraction of sp³-hybridized carbons (Fsp3) is 0.235. The van der Waals surface area contributed by atoms with Gasteiger partial charge in [0, 0.05) is 6.21 Å². The smallest absolute Gasteiger partial charge is 0.166 e. The van der Waals surface area contributed by atoms with Gasteiger partial charge in [0.05, 0.1) is 4.75 Å². The van der Waals surface area contributed by atoms with Gasteiger partial charge < -0.3 is 4.74 Å². The van der Waals surface area contributed by atoms with Crippen molar-refractivity contribution in [3.05, 3.63) is 59.9 Å². The molecule has 22 heavy (non-hydrogen) atoms. The van der Waals surface area contributed by atoms with E-state index in [0.717, 1.165) is 0 Å². The van der Waals surface area contributed by atoms with Crippen LogP contribution in [-0.4, -0.2) is 15.2 Å². The summed E-state index contributed by atoms with van der Waals surface area (Å²) < 4.78 is 34.8. The molecule has 0 fully saturated rings. The summed E-state index contributed by atoms with van der Waals surface area (Å²) >= 11 is 0. The molecule has 5 heteroatoms. The van der Waals surface area contributed by atoms with Gasteiger partial charge in [-0.05, 0) is 56.7 Å². The van der Waals surface area contributed by atoms with Crippen molar-refractivity contribution in [3.63, 3.8) is 0 Å². The van der Waals surface area contributed by atoms with Gasteiger partial charge in [0.15, 0.2) is 11.6 Å². The van der Waals surface area contributed by atoms with E-state index in [2.05, 4.69) is 4.40 Å². The molecule has 0 aliphatic heterocycles. The molecule has 0 heterocycles. The first-order valence-corrected chi connectivity index (χ1v) is 7.95. The van der Waals surface area contributed by atoms with Crippen LogP contribution in [0.4, 0.5) is 4.39 Å². The second-order valence-electron chi connectivity index (χ2n) is 5.70. The summed E-state index contributed by atoms with van der Waals surface area (Å²) in [6.07, 6.45) is 1.41.